The smallest absolute Gasteiger partial charge is 0.0736 e. The van der Waals surface area contributed by atoms with Crippen LogP contribution in [0.1, 0.15) is 12.0 Å². The number of anilines is 1. The molecule has 1 aliphatic carbocycles. The van der Waals surface area contributed by atoms with Crippen LogP contribution in [0.2, 0.25) is 0 Å². The SMILES string of the molecule is Nc1ccc2c(c1)=Nc1cc3c(cc1=2)sc1cc2c4c(c5ccccc5c2cc13)=CCC=C4. The summed E-state index contributed by atoms with van der Waals surface area (Å²) < 4.78 is 2.63. The monoisotopic (exact) mass is 438 g/mol. The molecule has 33 heavy (non-hydrogen) atoms. The summed E-state index contributed by atoms with van der Waals surface area (Å²) in [4.78, 5) is 4.89. The van der Waals surface area contributed by atoms with E-state index in [9.17, 15) is 0 Å². The van der Waals surface area contributed by atoms with Crippen molar-refractivity contribution in [2.45, 2.75) is 6.42 Å². The van der Waals surface area contributed by atoms with Crippen LogP contribution in [0.25, 0.3) is 53.9 Å². The molecule has 0 radical (unpaired) electrons. The first-order valence-electron chi connectivity index (χ1n) is 11.2. The molecule has 6 aromatic rings. The number of nitrogens with two attached hydrogens (primary N) is 1. The maximum Gasteiger partial charge on any atom is 0.0736 e. The molecule has 0 spiro atoms. The topological polar surface area (TPSA) is 38.4 Å². The van der Waals surface area contributed by atoms with Gasteiger partial charge in [0.2, 0.25) is 0 Å². The van der Waals surface area contributed by atoms with Gasteiger partial charge in [-0.2, -0.15) is 0 Å². The van der Waals surface area contributed by atoms with Crippen molar-refractivity contribution in [3.63, 3.8) is 0 Å². The van der Waals surface area contributed by atoms with Crippen LogP contribution in [0.3, 0.4) is 0 Å². The number of allylic oxidation sites excluding steroid dienone is 1. The fourth-order valence-electron chi connectivity index (χ4n) is 5.62. The second-order valence-corrected chi connectivity index (χ2v) is 10.0. The third kappa shape index (κ3) is 2.30. The molecule has 0 fully saturated rings. The first-order valence-corrected chi connectivity index (χ1v) is 12.1. The molecule has 0 atom stereocenters. The number of nitrogens with zero attached hydrogens (tertiary/aromatic N) is 1. The molecule has 5 aromatic carbocycles. The highest BCUT2D eigenvalue weighted by atomic mass is 32.1. The number of thiophene rings is 1. The second-order valence-electron chi connectivity index (χ2n) is 8.97. The number of benzene rings is 5. The highest BCUT2D eigenvalue weighted by Crippen LogP contribution is 2.41. The number of fused-ring (bicyclic) bond motifs is 11. The van der Waals surface area contributed by atoms with Crippen LogP contribution >= 0.6 is 11.3 Å². The van der Waals surface area contributed by atoms with E-state index in [4.69, 9.17) is 10.7 Å². The van der Waals surface area contributed by atoms with Crippen molar-refractivity contribution < 1.29 is 0 Å². The second kappa shape index (κ2) is 6.09. The van der Waals surface area contributed by atoms with E-state index in [1.165, 1.54) is 62.9 Å². The molecule has 0 saturated carbocycles. The summed E-state index contributed by atoms with van der Waals surface area (Å²) in [6, 6.07) is 24.2. The van der Waals surface area contributed by atoms with Crippen LogP contribution in [0, 0.1) is 10.4 Å². The summed E-state index contributed by atoms with van der Waals surface area (Å²) in [5.41, 5.74) is 9.14. The lowest BCUT2D eigenvalue weighted by Gasteiger charge is -2.13. The molecule has 2 N–H and O–H groups in total. The Kier molecular flexibility index (Phi) is 3.25. The van der Waals surface area contributed by atoms with Gasteiger partial charge >= 0.3 is 0 Å². The number of hydrogen-bond donors (Lipinski definition) is 1. The highest BCUT2D eigenvalue weighted by molar-refractivity contribution is 7.25. The molecule has 0 unspecified atom stereocenters. The zero-order valence-electron chi connectivity index (χ0n) is 17.7. The Hall–Kier alpha value is -3.95. The zero-order valence-corrected chi connectivity index (χ0v) is 18.5. The van der Waals surface area contributed by atoms with Crippen molar-refractivity contribution in [3.05, 3.63) is 99.4 Å². The molecular weight excluding hydrogens is 420 g/mol. The van der Waals surface area contributed by atoms with Crippen LogP contribution in [0.4, 0.5) is 11.4 Å². The van der Waals surface area contributed by atoms with Crippen LogP contribution in [0.15, 0.2) is 77.8 Å². The fraction of sp³-hybridized carbons (Fsp3) is 0.0333. The lowest BCUT2D eigenvalue weighted by atomic mass is 9.91. The van der Waals surface area contributed by atoms with Crippen LogP contribution in [-0.4, -0.2) is 0 Å². The zero-order chi connectivity index (χ0) is 21.7. The third-order valence-corrected chi connectivity index (χ3v) is 8.23. The molecule has 2 nitrogen and oxygen atoms in total. The van der Waals surface area contributed by atoms with E-state index in [2.05, 4.69) is 72.8 Å². The van der Waals surface area contributed by atoms with Gasteiger partial charge in [-0.3, -0.25) is 0 Å². The Balaban J connectivity index is 1.55. The number of rotatable bonds is 0. The van der Waals surface area contributed by atoms with Crippen molar-refractivity contribution in [1.29, 1.82) is 0 Å². The summed E-state index contributed by atoms with van der Waals surface area (Å²) in [5.74, 6) is 0. The Bertz CT molecular complexity index is 2110. The van der Waals surface area contributed by atoms with E-state index in [-0.39, 0.29) is 0 Å². The standard InChI is InChI=1S/C30H18N2S/c31-16-9-10-21-24-15-30-26(13-28(24)32-27(21)11-16)25-12-22-19-7-3-1-5-17(19)18-6-2-4-8-20(18)23(22)14-29(25)33-30/h1,3-15H,2,31H2. The average molecular weight is 439 g/mol. The van der Waals surface area contributed by atoms with Crippen molar-refractivity contribution >= 4 is 76.6 Å². The van der Waals surface area contributed by atoms with Gasteiger partial charge in [0.15, 0.2) is 0 Å². The largest absolute Gasteiger partial charge is 0.399 e. The van der Waals surface area contributed by atoms with E-state index < -0.39 is 0 Å². The molecule has 2 heterocycles. The summed E-state index contributed by atoms with van der Waals surface area (Å²) in [6.45, 7) is 0. The Morgan fingerprint density at radius 1 is 0.727 bits per heavy atom. The summed E-state index contributed by atoms with van der Waals surface area (Å²) >= 11 is 1.88. The van der Waals surface area contributed by atoms with E-state index in [1.54, 1.807) is 0 Å². The van der Waals surface area contributed by atoms with Crippen LogP contribution < -0.4 is 16.3 Å². The molecule has 1 aliphatic heterocycles. The Morgan fingerprint density at radius 2 is 1.58 bits per heavy atom. The fourth-order valence-corrected chi connectivity index (χ4v) is 6.77. The predicted molar refractivity (Wildman–Crippen MR) is 141 cm³/mol. The molecule has 2 aliphatic rings. The van der Waals surface area contributed by atoms with Crippen molar-refractivity contribution in [3.8, 4) is 0 Å². The van der Waals surface area contributed by atoms with Crippen molar-refractivity contribution in [1.82, 2.24) is 0 Å². The minimum atomic E-state index is 0.755. The normalized spacial score (nSPS) is 13.8. The summed E-state index contributed by atoms with van der Waals surface area (Å²) in [5, 5.41) is 12.6. The van der Waals surface area contributed by atoms with Crippen LogP contribution in [0.5, 0.6) is 0 Å². The molecule has 1 aromatic heterocycles. The quantitative estimate of drug-likeness (QED) is 0.208. The van der Waals surface area contributed by atoms with Crippen molar-refractivity contribution in [2.24, 2.45) is 4.99 Å². The molecule has 0 saturated heterocycles. The minimum Gasteiger partial charge on any atom is -0.399 e. The van der Waals surface area contributed by atoms with Crippen molar-refractivity contribution in [2.75, 3.05) is 5.73 Å². The van der Waals surface area contributed by atoms with Crippen LogP contribution in [-0.2, 0) is 0 Å². The van der Waals surface area contributed by atoms with Gasteiger partial charge in [0.25, 0.3) is 0 Å². The molecule has 0 bridgehead atoms. The highest BCUT2D eigenvalue weighted by Gasteiger charge is 2.15. The van der Waals surface area contributed by atoms with Gasteiger partial charge in [-0.05, 0) is 75.1 Å². The first kappa shape index (κ1) is 17.6. The van der Waals surface area contributed by atoms with Gasteiger partial charge in [0.05, 0.1) is 11.0 Å². The maximum absolute atomic E-state index is 6.00. The molecule has 0 amide bonds. The summed E-state index contributed by atoms with van der Waals surface area (Å²) in [6.07, 6.45) is 7.93. The maximum atomic E-state index is 6.00. The molecule has 3 heteroatoms. The number of hydrogen-bond acceptors (Lipinski definition) is 3. The molecular formula is C30H18N2S. The lowest BCUT2D eigenvalue weighted by molar-refractivity contribution is 1.38. The van der Waals surface area contributed by atoms with Gasteiger partial charge in [-0.1, -0.05) is 48.6 Å². The minimum absolute atomic E-state index is 0.755. The Labute approximate surface area is 192 Å². The van der Waals surface area contributed by atoms with E-state index >= 15 is 0 Å². The van der Waals surface area contributed by atoms with Gasteiger partial charge < -0.3 is 5.73 Å². The van der Waals surface area contributed by atoms with E-state index in [1.807, 2.05) is 23.5 Å². The average Bonchev–Trinajstić information content (AvgIpc) is 3.37. The third-order valence-electron chi connectivity index (χ3n) is 7.11. The molecule has 8 rings (SSSR count). The van der Waals surface area contributed by atoms with Gasteiger partial charge in [-0.15, -0.1) is 11.3 Å². The van der Waals surface area contributed by atoms with E-state index in [0.29, 0.717) is 0 Å². The van der Waals surface area contributed by atoms with Gasteiger partial charge in [0, 0.05) is 36.3 Å². The Morgan fingerprint density at radius 3 is 2.52 bits per heavy atom. The van der Waals surface area contributed by atoms with E-state index in [0.717, 1.165) is 23.2 Å². The number of nitrogen functional groups attached to an aromatic ring is 1. The molecule has 154 valence electrons. The van der Waals surface area contributed by atoms with Gasteiger partial charge in [0.1, 0.15) is 0 Å². The predicted octanol–water partition coefficient (Wildman–Crippen LogP) is 6.69. The lowest BCUT2D eigenvalue weighted by Crippen LogP contribution is -2.10. The first-order chi connectivity index (χ1) is 16.2. The van der Waals surface area contributed by atoms with Gasteiger partial charge in [-0.25, -0.2) is 4.99 Å². The summed E-state index contributed by atoms with van der Waals surface area (Å²) in [7, 11) is 0.